The fourth-order valence-corrected chi connectivity index (χ4v) is 3.45. The predicted molar refractivity (Wildman–Crippen MR) is 84.6 cm³/mol. The maximum atomic E-state index is 12.4. The van der Waals surface area contributed by atoms with E-state index in [9.17, 15) is 13.5 Å². The van der Waals surface area contributed by atoms with Crippen molar-refractivity contribution < 1.29 is 13.5 Å². The number of rotatable bonds is 6. The standard InChI is InChI=1S/C16H21NO3S/c1-3-12(2)15(18)11-17-21(19,20)16-10-6-8-13-7-4-5-9-14(13)16/h4-10,12,15,17-18H,3,11H2,1-2H3. The summed E-state index contributed by atoms with van der Waals surface area (Å²) < 4.78 is 27.4. The van der Waals surface area contributed by atoms with Crippen LogP contribution in [0.1, 0.15) is 20.3 Å². The van der Waals surface area contributed by atoms with Gasteiger partial charge in [0.25, 0.3) is 0 Å². The van der Waals surface area contributed by atoms with Crippen LogP contribution in [0, 0.1) is 5.92 Å². The monoisotopic (exact) mass is 307 g/mol. The molecule has 2 aromatic rings. The SMILES string of the molecule is CCC(C)C(O)CNS(=O)(=O)c1cccc2ccccc12. The molecule has 2 unspecified atom stereocenters. The molecule has 4 nitrogen and oxygen atoms in total. The lowest BCUT2D eigenvalue weighted by atomic mass is 10.0. The van der Waals surface area contributed by atoms with Crippen molar-refractivity contribution in [1.29, 1.82) is 0 Å². The largest absolute Gasteiger partial charge is 0.391 e. The van der Waals surface area contributed by atoms with E-state index in [0.29, 0.717) is 5.39 Å². The van der Waals surface area contributed by atoms with Gasteiger partial charge in [0, 0.05) is 11.9 Å². The maximum absolute atomic E-state index is 12.4. The zero-order chi connectivity index (χ0) is 15.5. The number of hydrogen-bond acceptors (Lipinski definition) is 3. The van der Waals surface area contributed by atoms with Gasteiger partial charge >= 0.3 is 0 Å². The smallest absolute Gasteiger partial charge is 0.241 e. The third kappa shape index (κ3) is 3.61. The highest BCUT2D eigenvalue weighted by molar-refractivity contribution is 7.89. The molecular weight excluding hydrogens is 286 g/mol. The highest BCUT2D eigenvalue weighted by Gasteiger charge is 2.20. The Kier molecular flexibility index (Phi) is 4.98. The molecule has 0 heterocycles. The van der Waals surface area contributed by atoms with Crippen molar-refractivity contribution in [3.63, 3.8) is 0 Å². The Balaban J connectivity index is 2.26. The van der Waals surface area contributed by atoms with E-state index in [0.717, 1.165) is 11.8 Å². The summed E-state index contributed by atoms with van der Waals surface area (Å²) in [5.74, 6) is 0.0558. The number of nitrogens with one attached hydrogen (secondary N) is 1. The van der Waals surface area contributed by atoms with E-state index in [1.807, 2.05) is 38.1 Å². The zero-order valence-electron chi connectivity index (χ0n) is 12.3. The first kappa shape index (κ1) is 15.9. The van der Waals surface area contributed by atoms with E-state index in [1.54, 1.807) is 18.2 Å². The quantitative estimate of drug-likeness (QED) is 0.862. The average Bonchev–Trinajstić information content (AvgIpc) is 2.51. The number of hydrogen-bond donors (Lipinski definition) is 2. The van der Waals surface area contributed by atoms with Crippen molar-refractivity contribution >= 4 is 20.8 Å². The van der Waals surface area contributed by atoms with Gasteiger partial charge in [-0.1, -0.05) is 56.7 Å². The van der Waals surface area contributed by atoms with Crippen LogP contribution < -0.4 is 4.72 Å². The van der Waals surface area contributed by atoms with Gasteiger partial charge in [-0.05, 0) is 17.4 Å². The molecule has 0 spiro atoms. The fourth-order valence-electron chi connectivity index (χ4n) is 2.18. The molecule has 0 fully saturated rings. The molecule has 0 aliphatic rings. The lowest BCUT2D eigenvalue weighted by molar-refractivity contribution is 0.118. The third-order valence-electron chi connectivity index (χ3n) is 3.82. The molecule has 5 heteroatoms. The highest BCUT2D eigenvalue weighted by Crippen LogP contribution is 2.22. The van der Waals surface area contributed by atoms with E-state index in [1.165, 1.54) is 0 Å². The van der Waals surface area contributed by atoms with Crippen LogP contribution in [-0.4, -0.2) is 26.2 Å². The summed E-state index contributed by atoms with van der Waals surface area (Å²) in [7, 11) is -3.63. The van der Waals surface area contributed by atoms with Gasteiger partial charge in [0.05, 0.1) is 11.0 Å². The summed E-state index contributed by atoms with van der Waals surface area (Å²) in [5.41, 5.74) is 0. The molecule has 114 valence electrons. The first-order valence-corrected chi connectivity index (χ1v) is 8.59. The van der Waals surface area contributed by atoms with E-state index in [-0.39, 0.29) is 17.4 Å². The maximum Gasteiger partial charge on any atom is 0.241 e. The summed E-state index contributed by atoms with van der Waals surface area (Å²) in [4.78, 5) is 0.247. The number of sulfonamides is 1. The Labute approximate surface area is 125 Å². The second-order valence-corrected chi connectivity index (χ2v) is 7.02. The molecule has 0 aromatic heterocycles. The zero-order valence-corrected chi connectivity index (χ0v) is 13.1. The first-order valence-electron chi connectivity index (χ1n) is 7.11. The van der Waals surface area contributed by atoms with Crippen molar-refractivity contribution in [2.24, 2.45) is 5.92 Å². The Morgan fingerprint density at radius 1 is 1.14 bits per heavy atom. The molecule has 0 bridgehead atoms. The van der Waals surface area contributed by atoms with Crippen molar-refractivity contribution in [2.75, 3.05) is 6.54 Å². The van der Waals surface area contributed by atoms with Gasteiger partial charge in [-0.3, -0.25) is 0 Å². The van der Waals surface area contributed by atoms with Gasteiger partial charge in [0.15, 0.2) is 0 Å². The van der Waals surface area contributed by atoms with Gasteiger partial charge in [0.2, 0.25) is 10.0 Å². The summed E-state index contributed by atoms with van der Waals surface area (Å²) in [6, 6.07) is 12.5. The first-order chi connectivity index (χ1) is 9.95. The number of fused-ring (bicyclic) bond motifs is 1. The van der Waals surface area contributed by atoms with E-state index >= 15 is 0 Å². The van der Waals surface area contributed by atoms with E-state index < -0.39 is 16.1 Å². The number of benzene rings is 2. The fraction of sp³-hybridized carbons (Fsp3) is 0.375. The lowest BCUT2D eigenvalue weighted by Gasteiger charge is -2.18. The minimum atomic E-state index is -3.63. The summed E-state index contributed by atoms with van der Waals surface area (Å²) in [6.45, 7) is 3.89. The second-order valence-electron chi connectivity index (χ2n) is 5.28. The van der Waals surface area contributed by atoms with Crippen molar-refractivity contribution in [3.8, 4) is 0 Å². The van der Waals surface area contributed by atoms with Gasteiger partial charge in [0.1, 0.15) is 0 Å². The Bertz CT molecular complexity index is 707. The molecule has 21 heavy (non-hydrogen) atoms. The molecule has 0 saturated heterocycles. The Hall–Kier alpha value is -1.43. The lowest BCUT2D eigenvalue weighted by Crippen LogP contribution is -2.35. The second kappa shape index (κ2) is 6.56. The Morgan fingerprint density at radius 2 is 1.81 bits per heavy atom. The van der Waals surface area contributed by atoms with Gasteiger partial charge in [-0.25, -0.2) is 13.1 Å². The molecule has 2 aromatic carbocycles. The van der Waals surface area contributed by atoms with E-state index in [2.05, 4.69) is 4.72 Å². The normalized spacial score (nSPS) is 15.0. The van der Waals surface area contributed by atoms with Gasteiger partial charge < -0.3 is 5.11 Å². The van der Waals surface area contributed by atoms with Gasteiger partial charge in [-0.15, -0.1) is 0 Å². The molecule has 0 saturated carbocycles. The number of aliphatic hydroxyl groups excluding tert-OH is 1. The summed E-state index contributed by atoms with van der Waals surface area (Å²) in [6.07, 6.45) is 0.122. The van der Waals surface area contributed by atoms with Crippen molar-refractivity contribution in [3.05, 3.63) is 42.5 Å². The van der Waals surface area contributed by atoms with Crippen LogP contribution in [0.3, 0.4) is 0 Å². The molecule has 0 aliphatic carbocycles. The van der Waals surface area contributed by atoms with Crippen molar-refractivity contribution in [2.45, 2.75) is 31.3 Å². The van der Waals surface area contributed by atoms with Crippen LogP contribution in [0.4, 0.5) is 0 Å². The van der Waals surface area contributed by atoms with Crippen LogP contribution in [-0.2, 0) is 10.0 Å². The minimum absolute atomic E-state index is 0.0283. The Morgan fingerprint density at radius 3 is 2.52 bits per heavy atom. The van der Waals surface area contributed by atoms with Crippen LogP contribution in [0.5, 0.6) is 0 Å². The molecule has 2 N–H and O–H groups in total. The molecule has 2 rings (SSSR count). The predicted octanol–water partition coefficient (Wildman–Crippen LogP) is 2.53. The summed E-state index contributed by atoms with van der Waals surface area (Å²) in [5, 5.41) is 11.5. The molecule has 0 amide bonds. The topological polar surface area (TPSA) is 66.4 Å². The third-order valence-corrected chi connectivity index (χ3v) is 5.30. The molecule has 2 atom stereocenters. The van der Waals surface area contributed by atoms with Crippen LogP contribution in [0.25, 0.3) is 10.8 Å². The summed E-state index contributed by atoms with van der Waals surface area (Å²) >= 11 is 0. The number of aliphatic hydroxyl groups is 1. The molecular formula is C16H21NO3S. The van der Waals surface area contributed by atoms with Gasteiger partial charge in [-0.2, -0.15) is 0 Å². The average molecular weight is 307 g/mol. The molecule has 0 aliphatic heterocycles. The van der Waals surface area contributed by atoms with E-state index in [4.69, 9.17) is 0 Å². The molecule has 0 radical (unpaired) electrons. The van der Waals surface area contributed by atoms with Crippen LogP contribution in [0.15, 0.2) is 47.4 Å². The van der Waals surface area contributed by atoms with Crippen LogP contribution in [0.2, 0.25) is 0 Å². The minimum Gasteiger partial charge on any atom is -0.391 e. The van der Waals surface area contributed by atoms with Crippen LogP contribution >= 0.6 is 0 Å². The highest BCUT2D eigenvalue weighted by atomic mass is 32.2. The van der Waals surface area contributed by atoms with Crippen molar-refractivity contribution in [1.82, 2.24) is 4.72 Å².